The summed E-state index contributed by atoms with van der Waals surface area (Å²) in [6, 6.07) is 0. The van der Waals surface area contributed by atoms with E-state index in [1.54, 1.807) is 0 Å². The fourth-order valence-corrected chi connectivity index (χ4v) is 1.60. The number of rotatable bonds is 5. The first kappa shape index (κ1) is 10.2. The Kier molecular flexibility index (Phi) is 3.93. The topological polar surface area (TPSA) is 41.5 Å². The first-order valence-electron chi connectivity index (χ1n) is 5.09. The molecule has 0 aromatic rings. The number of hydrazone groups is 1. The third-order valence-corrected chi connectivity index (χ3v) is 2.51. The normalized spacial score (nSPS) is 21.5. The SMILES string of the molecule is CCCCCCC1C(=O)NN=C1C. The maximum absolute atomic E-state index is 11.2. The van der Waals surface area contributed by atoms with E-state index in [0.29, 0.717) is 0 Å². The van der Waals surface area contributed by atoms with Crippen LogP contribution in [0.1, 0.15) is 46.0 Å². The van der Waals surface area contributed by atoms with Crippen LogP contribution in [0.25, 0.3) is 0 Å². The first-order valence-corrected chi connectivity index (χ1v) is 5.09. The third kappa shape index (κ3) is 2.83. The molecule has 1 amide bonds. The average Bonchev–Trinajstić information content (AvgIpc) is 2.42. The van der Waals surface area contributed by atoms with Crippen molar-refractivity contribution in [3.63, 3.8) is 0 Å². The summed E-state index contributed by atoms with van der Waals surface area (Å²) in [5.41, 5.74) is 3.46. The quantitative estimate of drug-likeness (QED) is 0.650. The summed E-state index contributed by atoms with van der Waals surface area (Å²) >= 11 is 0. The van der Waals surface area contributed by atoms with E-state index in [4.69, 9.17) is 0 Å². The second-order valence-corrected chi connectivity index (χ2v) is 3.63. The molecular weight excluding hydrogens is 164 g/mol. The second-order valence-electron chi connectivity index (χ2n) is 3.63. The molecule has 0 aromatic carbocycles. The largest absolute Gasteiger partial charge is 0.272 e. The zero-order valence-electron chi connectivity index (χ0n) is 8.47. The van der Waals surface area contributed by atoms with Crippen LogP contribution in [0, 0.1) is 5.92 Å². The van der Waals surface area contributed by atoms with Crippen molar-refractivity contribution >= 4 is 11.6 Å². The second kappa shape index (κ2) is 5.00. The molecular formula is C10H18N2O. The molecule has 1 rings (SSSR count). The van der Waals surface area contributed by atoms with Gasteiger partial charge in [0.05, 0.1) is 5.92 Å². The van der Waals surface area contributed by atoms with Crippen LogP contribution in [0.2, 0.25) is 0 Å². The van der Waals surface area contributed by atoms with Gasteiger partial charge in [-0.3, -0.25) is 4.79 Å². The van der Waals surface area contributed by atoms with Crippen LogP contribution in [0.4, 0.5) is 0 Å². The minimum absolute atomic E-state index is 0.0526. The maximum atomic E-state index is 11.2. The molecule has 74 valence electrons. The minimum atomic E-state index is 0.0526. The monoisotopic (exact) mass is 182 g/mol. The van der Waals surface area contributed by atoms with Gasteiger partial charge < -0.3 is 0 Å². The van der Waals surface area contributed by atoms with Crippen molar-refractivity contribution in [3.05, 3.63) is 0 Å². The lowest BCUT2D eigenvalue weighted by molar-refractivity contribution is -0.122. The highest BCUT2D eigenvalue weighted by Gasteiger charge is 2.25. The summed E-state index contributed by atoms with van der Waals surface area (Å²) in [5.74, 6) is 0.130. The summed E-state index contributed by atoms with van der Waals surface area (Å²) in [7, 11) is 0. The smallest absolute Gasteiger partial charge is 0.248 e. The molecule has 0 radical (unpaired) electrons. The van der Waals surface area contributed by atoms with Gasteiger partial charge in [-0.05, 0) is 13.3 Å². The van der Waals surface area contributed by atoms with E-state index in [9.17, 15) is 4.79 Å². The van der Waals surface area contributed by atoms with E-state index in [1.165, 1.54) is 19.3 Å². The van der Waals surface area contributed by atoms with Crippen LogP contribution in [0.3, 0.4) is 0 Å². The third-order valence-electron chi connectivity index (χ3n) is 2.51. The fourth-order valence-electron chi connectivity index (χ4n) is 1.60. The van der Waals surface area contributed by atoms with E-state index < -0.39 is 0 Å². The molecule has 1 aliphatic rings. The van der Waals surface area contributed by atoms with Gasteiger partial charge in [0, 0.05) is 5.71 Å². The molecule has 0 aromatic heterocycles. The lowest BCUT2D eigenvalue weighted by atomic mass is 9.97. The van der Waals surface area contributed by atoms with E-state index in [-0.39, 0.29) is 11.8 Å². The highest BCUT2D eigenvalue weighted by atomic mass is 16.2. The Labute approximate surface area is 79.6 Å². The van der Waals surface area contributed by atoms with E-state index in [2.05, 4.69) is 17.5 Å². The minimum Gasteiger partial charge on any atom is -0.272 e. The Morgan fingerprint density at radius 3 is 2.69 bits per heavy atom. The molecule has 1 unspecified atom stereocenters. The van der Waals surface area contributed by atoms with Gasteiger partial charge in [-0.25, -0.2) is 5.43 Å². The van der Waals surface area contributed by atoms with Gasteiger partial charge in [0.1, 0.15) is 0 Å². The van der Waals surface area contributed by atoms with Crippen LogP contribution in [-0.2, 0) is 4.79 Å². The number of hydrogen-bond donors (Lipinski definition) is 1. The van der Waals surface area contributed by atoms with Crippen molar-refractivity contribution in [2.75, 3.05) is 0 Å². The van der Waals surface area contributed by atoms with Gasteiger partial charge >= 0.3 is 0 Å². The Morgan fingerprint density at radius 1 is 1.38 bits per heavy atom. The highest BCUT2D eigenvalue weighted by Crippen LogP contribution is 2.15. The molecule has 0 bridgehead atoms. The summed E-state index contributed by atoms with van der Waals surface area (Å²) in [4.78, 5) is 11.2. The first-order chi connectivity index (χ1) is 6.25. The Hall–Kier alpha value is -0.860. The van der Waals surface area contributed by atoms with Crippen LogP contribution in [-0.4, -0.2) is 11.6 Å². The van der Waals surface area contributed by atoms with E-state index in [1.807, 2.05) is 6.92 Å². The molecule has 13 heavy (non-hydrogen) atoms. The molecule has 3 nitrogen and oxygen atoms in total. The molecule has 0 saturated carbocycles. The molecule has 0 fully saturated rings. The van der Waals surface area contributed by atoms with Gasteiger partial charge in [-0.2, -0.15) is 5.10 Å². The van der Waals surface area contributed by atoms with Crippen LogP contribution in [0.15, 0.2) is 5.10 Å². The predicted molar refractivity (Wildman–Crippen MR) is 53.5 cm³/mol. The van der Waals surface area contributed by atoms with Gasteiger partial charge in [0.15, 0.2) is 0 Å². The lowest BCUT2D eigenvalue weighted by Crippen LogP contribution is -2.21. The fraction of sp³-hybridized carbons (Fsp3) is 0.800. The Morgan fingerprint density at radius 2 is 2.15 bits per heavy atom. The zero-order chi connectivity index (χ0) is 9.68. The number of nitrogens with zero attached hydrogens (tertiary/aromatic N) is 1. The number of unbranched alkanes of at least 4 members (excludes halogenated alkanes) is 3. The van der Waals surface area contributed by atoms with E-state index >= 15 is 0 Å². The van der Waals surface area contributed by atoms with Crippen LogP contribution < -0.4 is 5.43 Å². The van der Waals surface area contributed by atoms with Gasteiger partial charge in [-0.1, -0.05) is 32.6 Å². The van der Waals surface area contributed by atoms with Crippen molar-refractivity contribution in [1.29, 1.82) is 0 Å². The average molecular weight is 182 g/mol. The maximum Gasteiger partial charge on any atom is 0.248 e. The van der Waals surface area contributed by atoms with E-state index in [0.717, 1.165) is 18.6 Å². The molecule has 0 spiro atoms. The number of amides is 1. The molecule has 3 heteroatoms. The van der Waals surface area contributed by atoms with Crippen molar-refractivity contribution in [3.8, 4) is 0 Å². The van der Waals surface area contributed by atoms with Crippen molar-refractivity contribution < 1.29 is 4.79 Å². The van der Waals surface area contributed by atoms with Crippen molar-refractivity contribution in [2.45, 2.75) is 46.0 Å². The summed E-state index contributed by atoms with van der Waals surface area (Å²) in [6.07, 6.45) is 5.84. The number of nitrogens with one attached hydrogen (secondary N) is 1. The highest BCUT2D eigenvalue weighted by molar-refractivity contribution is 6.06. The predicted octanol–water partition coefficient (Wildman–Crippen LogP) is 2.08. The molecule has 1 N–H and O–H groups in total. The van der Waals surface area contributed by atoms with Crippen molar-refractivity contribution in [1.82, 2.24) is 5.43 Å². The Balaban J connectivity index is 2.20. The van der Waals surface area contributed by atoms with Gasteiger partial charge in [-0.15, -0.1) is 0 Å². The molecule has 1 heterocycles. The van der Waals surface area contributed by atoms with Gasteiger partial charge in [0.25, 0.3) is 0 Å². The number of hydrogen-bond acceptors (Lipinski definition) is 2. The van der Waals surface area contributed by atoms with Crippen LogP contribution >= 0.6 is 0 Å². The van der Waals surface area contributed by atoms with Crippen LogP contribution in [0.5, 0.6) is 0 Å². The standard InChI is InChI=1S/C10H18N2O/c1-3-4-5-6-7-9-8(2)11-12-10(9)13/h9H,3-7H2,1-2H3,(H,12,13). The van der Waals surface area contributed by atoms with Gasteiger partial charge in [0.2, 0.25) is 5.91 Å². The molecule has 0 saturated heterocycles. The summed E-state index contributed by atoms with van der Waals surface area (Å²) < 4.78 is 0. The number of carbonyl (C=O) groups is 1. The molecule has 1 aliphatic heterocycles. The molecule has 1 atom stereocenters. The van der Waals surface area contributed by atoms with Crippen molar-refractivity contribution in [2.24, 2.45) is 11.0 Å². The lowest BCUT2D eigenvalue weighted by Gasteiger charge is -2.06. The molecule has 0 aliphatic carbocycles. The number of carbonyl (C=O) groups excluding carboxylic acids is 1. The Bertz CT molecular complexity index is 211. The summed E-state index contributed by atoms with van der Waals surface area (Å²) in [5, 5.41) is 3.91. The zero-order valence-corrected chi connectivity index (χ0v) is 8.47. The summed E-state index contributed by atoms with van der Waals surface area (Å²) in [6.45, 7) is 4.11.